The summed E-state index contributed by atoms with van der Waals surface area (Å²) in [7, 11) is 0. The maximum atomic E-state index is 12.2. The molecule has 0 saturated carbocycles. The fourth-order valence-corrected chi connectivity index (χ4v) is 2.48. The lowest BCUT2D eigenvalue weighted by Crippen LogP contribution is -2.39. The molecule has 0 saturated heterocycles. The van der Waals surface area contributed by atoms with Crippen LogP contribution in [-0.4, -0.2) is 18.9 Å². The van der Waals surface area contributed by atoms with Gasteiger partial charge >= 0.3 is 6.03 Å². The highest BCUT2D eigenvalue weighted by molar-refractivity contribution is 5.91. The summed E-state index contributed by atoms with van der Waals surface area (Å²) in [5.41, 5.74) is 1.73. The number of amides is 2. The highest BCUT2D eigenvalue weighted by Gasteiger charge is 2.13. The van der Waals surface area contributed by atoms with Gasteiger partial charge < -0.3 is 20.1 Å². The van der Waals surface area contributed by atoms with Gasteiger partial charge in [-0.1, -0.05) is 44.2 Å². The van der Waals surface area contributed by atoms with Gasteiger partial charge in [0.1, 0.15) is 11.5 Å². The number of para-hydroxylation sites is 3. The lowest BCUT2D eigenvalue weighted by molar-refractivity contribution is 0.181. The summed E-state index contributed by atoms with van der Waals surface area (Å²) in [6, 6.07) is 14.8. The largest absolute Gasteiger partial charge is 0.492 e. The maximum absolute atomic E-state index is 12.2. The van der Waals surface area contributed by atoms with Crippen molar-refractivity contribution in [3.05, 3.63) is 54.1 Å². The fourth-order valence-electron chi connectivity index (χ4n) is 2.48. The van der Waals surface area contributed by atoms with E-state index in [0.29, 0.717) is 24.0 Å². The van der Waals surface area contributed by atoms with Crippen LogP contribution < -0.4 is 20.1 Å². The number of hydrogen-bond acceptors (Lipinski definition) is 3. The molecular formula is C20H26N2O3. The van der Waals surface area contributed by atoms with Gasteiger partial charge in [-0.05, 0) is 43.5 Å². The molecule has 25 heavy (non-hydrogen) atoms. The Morgan fingerprint density at radius 3 is 2.32 bits per heavy atom. The molecule has 0 aromatic heterocycles. The average Bonchev–Trinajstić information content (AvgIpc) is 2.57. The van der Waals surface area contributed by atoms with Crippen molar-refractivity contribution in [2.24, 2.45) is 0 Å². The first kappa shape index (κ1) is 18.6. The second kappa shape index (κ2) is 8.97. The predicted molar refractivity (Wildman–Crippen MR) is 100 cm³/mol. The highest BCUT2D eigenvalue weighted by Crippen LogP contribution is 2.26. The number of ether oxygens (including phenoxy) is 2. The van der Waals surface area contributed by atoms with E-state index in [9.17, 15) is 4.79 Å². The van der Waals surface area contributed by atoms with Crippen molar-refractivity contribution in [3.8, 4) is 11.5 Å². The third-order valence-corrected chi connectivity index (χ3v) is 3.61. The summed E-state index contributed by atoms with van der Waals surface area (Å²) in [5, 5.41) is 5.58. The van der Waals surface area contributed by atoms with Crippen LogP contribution >= 0.6 is 0 Å². The van der Waals surface area contributed by atoms with Crippen LogP contribution in [-0.2, 0) is 0 Å². The summed E-state index contributed by atoms with van der Waals surface area (Å²) < 4.78 is 11.4. The van der Waals surface area contributed by atoms with Gasteiger partial charge in [0.25, 0.3) is 0 Å². The molecule has 0 heterocycles. The number of anilines is 1. The molecule has 0 bridgehead atoms. The van der Waals surface area contributed by atoms with Gasteiger partial charge in [-0.2, -0.15) is 0 Å². The summed E-state index contributed by atoms with van der Waals surface area (Å²) in [6.45, 7) is 8.45. The zero-order valence-electron chi connectivity index (χ0n) is 15.2. The van der Waals surface area contributed by atoms with Crippen molar-refractivity contribution >= 4 is 11.7 Å². The number of hydrogen-bond donors (Lipinski definition) is 2. The molecule has 0 radical (unpaired) electrons. The van der Waals surface area contributed by atoms with Crippen molar-refractivity contribution in [1.29, 1.82) is 0 Å². The van der Waals surface area contributed by atoms with E-state index in [2.05, 4.69) is 24.5 Å². The van der Waals surface area contributed by atoms with E-state index < -0.39 is 6.23 Å². The second-order valence-corrected chi connectivity index (χ2v) is 5.98. The Labute approximate surface area is 149 Å². The van der Waals surface area contributed by atoms with E-state index in [1.807, 2.05) is 49.4 Å². The SMILES string of the molecule is CCOc1ccccc1NC(=O)NC(C)Oc1ccccc1C(C)C. The van der Waals surface area contributed by atoms with Crippen molar-refractivity contribution in [3.63, 3.8) is 0 Å². The number of carbonyl (C=O) groups is 1. The Balaban J connectivity index is 1.97. The fraction of sp³-hybridized carbons (Fsp3) is 0.350. The van der Waals surface area contributed by atoms with Crippen molar-refractivity contribution in [1.82, 2.24) is 5.32 Å². The first-order chi connectivity index (χ1) is 12.0. The normalized spacial score (nSPS) is 11.7. The van der Waals surface area contributed by atoms with Gasteiger partial charge in [0.15, 0.2) is 6.23 Å². The Hall–Kier alpha value is -2.69. The van der Waals surface area contributed by atoms with E-state index in [1.54, 1.807) is 13.0 Å². The van der Waals surface area contributed by atoms with Crippen molar-refractivity contribution in [2.75, 3.05) is 11.9 Å². The summed E-state index contributed by atoms with van der Waals surface area (Å²) >= 11 is 0. The summed E-state index contributed by atoms with van der Waals surface area (Å²) in [4.78, 5) is 12.2. The third-order valence-electron chi connectivity index (χ3n) is 3.61. The number of carbonyl (C=O) groups excluding carboxylic acids is 1. The first-order valence-corrected chi connectivity index (χ1v) is 8.56. The molecule has 2 rings (SSSR count). The zero-order valence-corrected chi connectivity index (χ0v) is 15.2. The van der Waals surface area contributed by atoms with E-state index in [4.69, 9.17) is 9.47 Å². The molecule has 1 atom stereocenters. The smallest absolute Gasteiger partial charge is 0.322 e. The van der Waals surface area contributed by atoms with Crippen LogP contribution in [0.25, 0.3) is 0 Å². The highest BCUT2D eigenvalue weighted by atomic mass is 16.5. The van der Waals surface area contributed by atoms with Gasteiger partial charge in [0.2, 0.25) is 0 Å². The predicted octanol–water partition coefficient (Wildman–Crippen LogP) is 4.76. The van der Waals surface area contributed by atoms with Crippen LogP contribution in [0.4, 0.5) is 10.5 Å². The number of benzene rings is 2. The van der Waals surface area contributed by atoms with Crippen LogP contribution in [0.15, 0.2) is 48.5 Å². The van der Waals surface area contributed by atoms with E-state index in [-0.39, 0.29) is 6.03 Å². The molecule has 2 N–H and O–H groups in total. The summed E-state index contributed by atoms with van der Waals surface area (Å²) in [6.07, 6.45) is -0.473. The minimum Gasteiger partial charge on any atom is -0.492 e. The molecule has 0 fully saturated rings. The lowest BCUT2D eigenvalue weighted by Gasteiger charge is -2.20. The van der Waals surface area contributed by atoms with Crippen LogP contribution in [0.1, 0.15) is 39.2 Å². The third kappa shape index (κ3) is 5.41. The van der Waals surface area contributed by atoms with Gasteiger partial charge in [-0.25, -0.2) is 4.79 Å². The lowest BCUT2D eigenvalue weighted by atomic mass is 10.0. The molecule has 0 aliphatic heterocycles. The maximum Gasteiger partial charge on any atom is 0.322 e. The monoisotopic (exact) mass is 342 g/mol. The molecule has 0 aliphatic rings. The van der Waals surface area contributed by atoms with E-state index >= 15 is 0 Å². The number of nitrogens with one attached hydrogen (secondary N) is 2. The Kier molecular flexibility index (Phi) is 6.69. The quantitative estimate of drug-likeness (QED) is 0.714. The Morgan fingerprint density at radius 2 is 1.64 bits per heavy atom. The molecule has 2 aromatic rings. The number of rotatable bonds is 7. The van der Waals surface area contributed by atoms with Gasteiger partial charge in [0.05, 0.1) is 12.3 Å². The number of urea groups is 1. The topological polar surface area (TPSA) is 59.6 Å². The van der Waals surface area contributed by atoms with E-state index in [1.165, 1.54) is 0 Å². The zero-order chi connectivity index (χ0) is 18.2. The van der Waals surface area contributed by atoms with Gasteiger partial charge in [0, 0.05) is 0 Å². The van der Waals surface area contributed by atoms with Crippen molar-refractivity contribution in [2.45, 2.75) is 39.8 Å². The average molecular weight is 342 g/mol. The Morgan fingerprint density at radius 1 is 1.00 bits per heavy atom. The second-order valence-electron chi connectivity index (χ2n) is 5.98. The van der Waals surface area contributed by atoms with Crippen LogP contribution in [0, 0.1) is 0 Å². The summed E-state index contributed by atoms with van der Waals surface area (Å²) in [5.74, 6) is 1.76. The van der Waals surface area contributed by atoms with Crippen LogP contribution in [0.3, 0.4) is 0 Å². The molecule has 5 heteroatoms. The molecular weight excluding hydrogens is 316 g/mol. The molecule has 1 unspecified atom stereocenters. The van der Waals surface area contributed by atoms with Crippen LogP contribution in [0.5, 0.6) is 11.5 Å². The minimum absolute atomic E-state index is 0.343. The minimum atomic E-state index is -0.473. The molecule has 0 spiro atoms. The molecule has 2 aromatic carbocycles. The van der Waals surface area contributed by atoms with Gasteiger partial charge in [-0.15, -0.1) is 0 Å². The molecule has 134 valence electrons. The first-order valence-electron chi connectivity index (χ1n) is 8.56. The molecule has 5 nitrogen and oxygen atoms in total. The van der Waals surface area contributed by atoms with Crippen molar-refractivity contribution < 1.29 is 14.3 Å². The molecule has 2 amide bonds. The van der Waals surface area contributed by atoms with Gasteiger partial charge in [-0.3, -0.25) is 0 Å². The molecule has 0 aliphatic carbocycles. The van der Waals surface area contributed by atoms with E-state index in [0.717, 1.165) is 11.3 Å². The standard InChI is InChI=1S/C20H26N2O3/c1-5-24-19-13-9-7-11-17(19)22-20(23)21-15(4)25-18-12-8-6-10-16(18)14(2)3/h6-15H,5H2,1-4H3,(H2,21,22,23). The van der Waals surface area contributed by atoms with Crippen LogP contribution in [0.2, 0.25) is 0 Å². The Bertz CT molecular complexity index is 701.